The Kier molecular flexibility index (Phi) is 6.19. The van der Waals surface area contributed by atoms with Crippen LogP contribution in [0.2, 0.25) is 0 Å². The van der Waals surface area contributed by atoms with Gasteiger partial charge < -0.3 is 5.32 Å². The van der Waals surface area contributed by atoms with Gasteiger partial charge in [-0.05, 0) is 42.8 Å². The summed E-state index contributed by atoms with van der Waals surface area (Å²) in [6, 6.07) is 10.9. The number of sulfonamides is 1. The Labute approximate surface area is 180 Å². The van der Waals surface area contributed by atoms with Gasteiger partial charge in [0.05, 0.1) is 16.1 Å². The Bertz CT molecular complexity index is 1350. The average Bonchev–Trinajstić information content (AvgIpc) is 2.71. The van der Waals surface area contributed by atoms with Gasteiger partial charge in [0.25, 0.3) is 5.91 Å². The largest absolute Gasteiger partial charge is 0.416 e. The number of rotatable bonds is 5. The molecule has 0 radical (unpaired) electrons. The van der Waals surface area contributed by atoms with E-state index >= 15 is 0 Å². The summed E-state index contributed by atoms with van der Waals surface area (Å²) in [6.45, 7) is 1.33. The van der Waals surface area contributed by atoms with Gasteiger partial charge in [-0.2, -0.15) is 18.3 Å². The second kappa shape index (κ2) is 8.55. The molecule has 0 atom stereocenters. The molecule has 0 saturated heterocycles. The molecule has 0 aliphatic heterocycles. The number of primary sulfonamides is 1. The number of hydrogen-bond acceptors (Lipinski definition) is 5. The fourth-order valence-corrected chi connectivity index (χ4v) is 3.46. The van der Waals surface area contributed by atoms with E-state index < -0.39 is 38.8 Å². The van der Waals surface area contributed by atoms with E-state index in [1.54, 1.807) is 6.07 Å². The number of nitrogens with two attached hydrogens (primary N) is 1. The lowest BCUT2D eigenvalue weighted by atomic mass is 10.2. The number of aromatic nitrogens is 2. The highest BCUT2D eigenvalue weighted by Gasteiger charge is 2.30. The van der Waals surface area contributed by atoms with E-state index in [0.29, 0.717) is 5.56 Å². The van der Waals surface area contributed by atoms with Crippen molar-refractivity contribution < 1.29 is 26.4 Å². The van der Waals surface area contributed by atoms with Gasteiger partial charge in [-0.15, -0.1) is 0 Å². The van der Waals surface area contributed by atoms with Crippen molar-refractivity contribution in [2.24, 2.45) is 5.14 Å². The molecular formula is C20H17F3N4O4S. The minimum Gasteiger partial charge on any atom is -0.346 e. The van der Waals surface area contributed by atoms with Crippen LogP contribution in [0.25, 0.3) is 5.69 Å². The Morgan fingerprint density at radius 1 is 1.12 bits per heavy atom. The third-order valence-electron chi connectivity index (χ3n) is 4.42. The van der Waals surface area contributed by atoms with Crippen LogP contribution in [-0.2, 0) is 22.7 Å². The molecule has 0 bridgehead atoms. The van der Waals surface area contributed by atoms with Gasteiger partial charge in [0, 0.05) is 18.3 Å². The number of benzene rings is 2. The monoisotopic (exact) mass is 466 g/mol. The van der Waals surface area contributed by atoms with Crippen LogP contribution in [0, 0.1) is 6.92 Å². The Hall–Kier alpha value is -3.51. The minimum atomic E-state index is -4.57. The number of alkyl halides is 3. The third kappa shape index (κ3) is 5.21. The lowest BCUT2D eigenvalue weighted by Crippen LogP contribution is -2.31. The molecule has 0 saturated carbocycles. The van der Waals surface area contributed by atoms with Crippen LogP contribution in [0.4, 0.5) is 13.2 Å². The summed E-state index contributed by atoms with van der Waals surface area (Å²) in [5.41, 5.74) is -1.51. The summed E-state index contributed by atoms with van der Waals surface area (Å²) < 4.78 is 63.0. The molecule has 168 valence electrons. The maximum absolute atomic E-state index is 13.0. The topological polar surface area (TPSA) is 124 Å². The van der Waals surface area contributed by atoms with E-state index in [4.69, 9.17) is 5.14 Å². The standard InChI is InChI=1S/C20H17F3N4O4S/c1-12-8-17(28)18(26-27(12)15-6-3-5-14(10-15)20(21,22)23)19(29)25-11-13-4-2-7-16(9-13)32(24,30)31/h2-10H,11H2,1H3,(H,25,29)(H2,24,30,31). The molecule has 3 rings (SSSR count). The predicted molar refractivity (Wildman–Crippen MR) is 109 cm³/mol. The maximum Gasteiger partial charge on any atom is 0.416 e. The molecule has 0 aliphatic rings. The molecule has 0 spiro atoms. The van der Waals surface area contributed by atoms with Crippen LogP contribution in [0.15, 0.2) is 64.3 Å². The number of nitrogens with one attached hydrogen (secondary N) is 1. The number of hydrogen-bond donors (Lipinski definition) is 2. The van der Waals surface area contributed by atoms with Crippen LogP contribution >= 0.6 is 0 Å². The minimum absolute atomic E-state index is 0.0206. The number of aryl methyl sites for hydroxylation is 1. The molecule has 3 aromatic rings. The number of halogens is 3. The lowest BCUT2D eigenvalue weighted by Gasteiger charge is -2.13. The molecule has 1 aromatic heterocycles. The van der Waals surface area contributed by atoms with Crippen molar-refractivity contribution in [2.45, 2.75) is 24.5 Å². The molecule has 8 nitrogen and oxygen atoms in total. The molecular weight excluding hydrogens is 449 g/mol. The summed E-state index contributed by atoms with van der Waals surface area (Å²) in [5, 5.41) is 11.5. The van der Waals surface area contributed by atoms with Crippen molar-refractivity contribution >= 4 is 15.9 Å². The highest BCUT2D eigenvalue weighted by molar-refractivity contribution is 7.89. The molecule has 0 aliphatic carbocycles. The Balaban J connectivity index is 1.90. The fraction of sp³-hybridized carbons (Fsp3) is 0.150. The average molecular weight is 466 g/mol. The van der Waals surface area contributed by atoms with E-state index in [9.17, 15) is 31.2 Å². The first-order valence-electron chi connectivity index (χ1n) is 9.05. The van der Waals surface area contributed by atoms with Gasteiger partial charge >= 0.3 is 6.18 Å². The fourth-order valence-electron chi connectivity index (χ4n) is 2.88. The zero-order chi connectivity index (χ0) is 23.7. The van der Waals surface area contributed by atoms with Gasteiger partial charge in [0.15, 0.2) is 5.69 Å². The lowest BCUT2D eigenvalue weighted by molar-refractivity contribution is -0.137. The SMILES string of the molecule is Cc1cc(=O)c(C(=O)NCc2cccc(S(N)(=O)=O)c2)nn1-c1cccc(C(F)(F)F)c1. The normalized spacial score (nSPS) is 11.9. The number of nitrogens with zero attached hydrogens (tertiary/aromatic N) is 2. The highest BCUT2D eigenvalue weighted by atomic mass is 32.2. The molecule has 32 heavy (non-hydrogen) atoms. The molecule has 12 heteroatoms. The van der Waals surface area contributed by atoms with E-state index in [2.05, 4.69) is 10.4 Å². The van der Waals surface area contributed by atoms with Crippen molar-refractivity contribution in [3.05, 3.63) is 87.3 Å². The zero-order valence-corrected chi connectivity index (χ0v) is 17.4. The van der Waals surface area contributed by atoms with E-state index in [1.165, 1.54) is 37.3 Å². The van der Waals surface area contributed by atoms with Crippen LogP contribution in [0.3, 0.4) is 0 Å². The van der Waals surface area contributed by atoms with Gasteiger partial charge in [-0.3, -0.25) is 9.59 Å². The van der Waals surface area contributed by atoms with E-state index in [-0.39, 0.29) is 22.8 Å². The van der Waals surface area contributed by atoms with Crippen molar-refractivity contribution in [1.82, 2.24) is 15.1 Å². The maximum atomic E-state index is 13.0. The van der Waals surface area contributed by atoms with Crippen LogP contribution in [0.1, 0.15) is 27.3 Å². The number of carbonyl (C=O) groups is 1. The quantitative estimate of drug-likeness (QED) is 0.596. The summed E-state index contributed by atoms with van der Waals surface area (Å²) in [4.78, 5) is 24.7. The molecule has 0 unspecified atom stereocenters. The smallest absolute Gasteiger partial charge is 0.346 e. The van der Waals surface area contributed by atoms with Crippen molar-refractivity contribution in [3.8, 4) is 5.69 Å². The second-order valence-corrected chi connectivity index (χ2v) is 8.39. The third-order valence-corrected chi connectivity index (χ3v) is 5.33. The summed E-state index contributed by atoms with van der Waals surface area (Å²) >= 11 is 0. The highest BCUT2D eigenvalue weighted by Crippen LogP contribution is 2.30. The van der Waals surface area contributed by atoms with Crippen LogP contribution < -0.4 is 15.9 Å². The number of amides is 1. The van der Waals surface area contributed by atoms with Crippen molar-refractivity contribution in [3.63, 3.8) is 0 Å². The molecule has 1 amide bonds. The second-order valence-electron chi connectivity index (χ2n) is 6.83. The number of carbonyl (C=O) groups excluding carboxylic acids is 1. The molecule has 3 N–H and O–H groups in total. The van der Waals surface area contributed by atoms with Crippen LogP contribution in [0.5, 0.6) is 0 Å². The van der Waals surface area contributed by atoms with Gasteiger partial charge in [0.2, 0.25) is 15.5 Å². The first-order valence-corrected chi connectivity index (χ1v) is 10.6. The molecule has 0 fully saturated rings. The van der Waals surface area contributed by atoms with E-state index in [0.717, 1.165) is 22.9 Å². The Morgan fingerprint density at radius 3 is 2.47 bits per heavy atom. The zero-order valence-electron chi connectivity index (χ0n) is 16.6. The first kappa shape index (κ1) is 23.2. The van der Waals surface area contributed by atoms with Gasteiger partial charge in [0.1, 0.15) is 0 Å². The van der Waals surface area contributed by atoms with Gasteiger partial charge in [-0.1, -0.05) is 18.2 Å². The molecule has 2 aromatic carbocycles. The molecule has 1 heterocycles. The summed E-state index contributed by atoms with van der Waals surface area (Å²) in [7, 11) is -3.94. The first-order chi connectivity index (χ1) is 14.9. The summed E-state index contributed by atoms with van der Waals surface area (Å²) in [5.74, 6) is -0.878. The van der Waals surface area contributed by atoms with E-state index in [1.807, 2.05) is 0 Å². The van der Waals surface area contributed by atoms with Crippen LogP contribution in [-0.4, -0.2) is 24.1 Å². The van der Waals surface area contributed by atoms with Gasteiger partial charge in [-0.25, -0.2) is 18.2 Å². The van der Waals surface area contributed by atoms with Crippen molar-refractivity contribution in [2.75, 3.05) is 0 Å². The van der Waals surface area contributed by atoms with Crippen molar-refractivity contribution in [1.29, 1.82) is 0 Å². The predicted octanol–water partition coefficient (Wildman–Crippen LogP) is 2.14. The Morgan fingerprint density at radius 2 is 1.81 bits per heavy atom. The summed E-state index contributed by atoms with van der Waals surface area (Å²) in [6.07, 6.45) is -4.57.